The lowest BCUT2D eigenvalue weighted by Gasteiger charge is -2.16. The molecular formula is C24H18Cl2N2O2S. The van der Waals surface area contributed by atoms with Gasteiger partial charge in [0.25, 0.3) is 11.8 Å². The van der Waals surface area contributed by atoms with E-state index >= 15 is 0 Å². The lowest BCUT2D eigenvalue weighted by Crippen LogP contribution is -2.32. The minimum atomic E-state index is -0.426. The number of aryl methyl sites for hydroxylation is 2. The Labute approximate surface area is 194 Å². The van der Waals surface area contributed by atoms with Crippen molar-refractivity contribution in [3.63, 3.8) is 0 Å². The van der Waals surface area contributed by atoms with Crippen LogP contribution in [0.5, 0.6) is 0 Å². The second kappa shape index (κ2) is 8.79. The van der Waals surface area contributed by atoms with E-state index in [1.165, 1.54) is 11.8 Å². The van der Waals surface area contributed by atoms with Gasteiger partial charge >= 0.3 is 0 Å². The number of halogens is 2. The number of hydrogen-bond donors (Lipinski definition) is 1. The monoisotopic (exact) mass is 468 g/mol. The number of hydrogen-bond acceptors (Lipinski definition) is 4. The van der Waals surface area contributed by atoms with Crippen molar-refractivity contribution in [1.82, 2.24) is 0 Å². The SMILES string of the molecule is Cc1ccc(N2C(=O)C(Nc3ccccc3C)=C(Sc3ccc(Cl)cc3)C2=O)cc1Cl. The molecule has 0 spiro atoms. The Morgan fingerprint density at radius 1 is 0.839 bits per heavy atom. The van der Waals surface area contributed by atoms with Crippen LogP contribution in [0.15, 0.2) is 82.2 Å². The van der Waals surface area contributed by atoms with E-state index in [0.29, 0.717) is 20.6 Å². The summed E-state index contributed by atoms with van der Waals surface area (Å²) in [6.45, 7) is 3.80. The van der Waals surface area contributed by atoms with Gasteiger partial charge in [0.05, 0.1) is 5.69 Å². The Morgan fingerprint density at radius 2 is 1.55 bits per heavy atom. The quantitative estimate of drug-likeness (QED) is 0.428. The van der Waals surface area contributed by atoms with Gasteiger partial charge in [0, 0.05) is 20.6 Å². The fraction of sp³-hybridized carbons (Fsp3) is 0.0833. The highest BCUT2D eigenvalue weighted by atomic mass is 35.5. The highest BCUT2D eigenvalue weighted by Crippen LogP contribution is 2.39. The maximum absolute atomic E-state index is 13.4. The van der Waals surface area contributed by atoms with Crippen molar-refractivity contribution in [2.45, 2.75) is 18.7 Å². The van der Waals surface area contributed by atoms with E-state index in [4.69, 9.17) is 23.2 Å². The van der Waals surface area contributed by atoms with Gasteiger partial charge in [-0.3, -0.25) is 9.59 Å². The minimum Gasteiger partial charge on any atom is -0.350 e. The Kier molecular flexibility index (Phi) is 6.10. The first-order valence-corrected chi connectivity index (χ1v) is 11.1. The Hall–Kier alpha value is -2.73. The molecule has 0 radical (unpaired) electrons. The van der Waals surface area contributed by atoms with Crippen LogP contribution in [-0.4, -0.2) is 11.8 Å². The number of rotatable bonds is 5. The van der Waals surface area contributed by atoms with Crippen LogP contribution in [0.2, 0.25) is 10.0 Å². The molecule has 2 amide bonds. The zero-order chi connectivity index (χ0) is 22.1. The van der Waals surface area contributed by atoms with Gasteiger partial charge in [0.2, 0.25) is 0 Å². The topological polar surface area (TPSA) is 49.4 Å². The molecule has 3 aromatic rings. The summed E-state index contributed by atoms with van der Waals surface area (Å²) in [5, 5.41) is 4.27. The second-order valence-corrected chi connectivity index (χ2v) is 9.01. The zero-order valence-corrected chi connectivity index (χ0v) is 19.1. The number of amides is 2. The van der Waals surface area contributed by atoms with Crippen LogP contribution in [0, 0.1) is 13.8 Å². The van der Waals surface area contributed by atoms with Crippen molar-refractivity contribution < 1.29 is 9.59 Å². The molecule has 0 saturated carbocycles. The van der Waals surface area contributed by atoms with Crippen LogP contribution in [0.25, 0.3) is 0 Å². The van der Waals surface area contributed by atoms with Crippen LogP contribution in [-0.2, 0) is 9.59 Å². The van der Waals surface area contributed by atoms with Crippen molar-refractivity contribution in [1.29, 1.82) is 0 Å². The first kappa shape index (κ1) is 21.5. The van der Waals surface area contributed by atoms with Gasteiger partial charge in [-0.15, -0.1) is 0 Å². The fourth-order valence-corrected chi connectivity index (χ4v) is 4.37. The molecule has 4 rings (SSSR count). The third kappa shape index (κ3) is 4.35. The summed E-state index contributed by atoms with van der Waals surface area (Å²) in [6.07, 6.45) is 0. The minimum absolute atomic E-state index is 0.232. The Bertz CT molecular complexity index is 1220. The summed E-state index contributed by atoms with van der Waals surface area (Å²) in [5.41, 5.74) is 3.25. The van der Waals surface area contributed by atoms with Gasteiger partial charge < -0.3 is 5.32 Å². The van der Waals surface area contributed by atoms with E-state index < -0.39 is 11.8 Å². The molecule has 4 nitrogen and oxygen atoms in total. The predicted molar refractivity (Wildman–Crippen MR) is 128 cm³/mol. The molecule has 0 bridgehead atoms. The number of thioether (sulfide) groups is 1. The van der Waals surface area contributed by atoms with Gasteiger partial charge in [-0.1, -0.05) is 59.2 Å². The van der Waals surface area contributed by atoms with Crippen molar-refractivity contribution >= 4 is 58.2 Å². The largest absolute Gasteiger partial charge is 0.350 e. The molecule has 1 heterocycles. The van der Waals surface area contributed by atoms with Crippen molar-refractivity contribution in [2.24, 2.45) is 0 Å². The van der Waals surface area contributed by atoms with Crippen LogP contribution in [0.1, 0.15) is 11.1 Å². The summed E-state index contributed by atoms with van der Waals surface area (Å²) in [7, 11) is 0. The number of carbonyl (C=O) groups is 2. The molecule has 0 fully saturated rings. The number of benzene rings is 3. The number of nitrogens with one attached hydrogen (secondary N) is 1. The third-order valence-electron chi connectivity index (χ3n) is 4.89. The summed E-state index contributed by atoms with van der Waals surface area (Å²) in [6, 6.07) is 19.9. The van der Waals surface area contributed by atoms with E-state index in [9.17, 15) is 9.59 Å². The molecule has 156 valence electrons. The van der Waals surface area contributed by atoms with E-state index in [1.54, 1.807) is 30.3 Å². The number of imide groups is 1. The second-order valence-electron chi connectivity index (χ2n) is 7.08. The molecule has 0 atom stereocenters. The highest BCUT2D eigenvalue weighted by Gasteiger charge is 2.40. The standard InChI is InChI=1S/C24H18Cl2N2O2S/c1-14-7-10-17(13-19(14)26)28-23(29)21(27-20-6-4-3-5-15(20)2)22(24(28)30)31-18-11-8-16(25)9-12-18/h3-13,27H,1-2H3. The molecular weight excluding hydrogens is 451 g/mol. The number of nitrogens with zero attached hydrogens (tertiary/aromatic N) is 1. The zero-order valence-electron chi connectivity index (χ0n) is 16.8. The summed E-state index contributed by atoms with van der Waals surface area (Å²) in [4.78, 5) is 29.0. The number of carbonyl (C=O) groups excluding carboxylic acids is 2. The molecule has 1 aliphatic heterocycles. The first-order chi connectivity index (χ1) is 14.8. The van der Waals surface area contributed by atoms with E-state index in [1.807, 2.05) is 50.2 Å². The van der Waals surface area contributed by atoms with Gasteiger partial charge in [-0.25, -0.2) is 4.90 Å². The van der Waals surface area contributed by atoms with Crippen LogP contribution >= 0.6 is 35.0 Å². The lowest BCUT2D eigenvalue weighted by molar-refractivity contribution is -0.120. The van der Waals surface area contributed by atoms with Crippen molar-refractivity contribution in [3.05, 3.63) is 98.5 Å². The average molecular weight is 469 g/mol. The number of anilines is 2. The predicted octanol–water partition coefficient (Wildman–Crippen LogP) is 6.60. The molecule has 31 heavy (non-hydrogen) atoms. The van der Waals surface area contributed by atoms with E-state index in [0.717, 1.165) is 26.6 Å². The molecule has 0 saturated heterocycles. The van der Waals surface area contributed by atoms with Crippen LogP contribution in [0.3, 0.4) is 0 Å². The first-order valence-electron chi connectivity index (χ1n) is 9.50. The summed E-state index contributed by atoms with van der Waals surface area (Å²) < 4.78 is 0. The van der Waals surface area contributed by atoms with Gasteiger partial charge in [0.1, 0.15) is 10.6 Å². The molecule has 0 aliphatic carbocycles. The van der Waals surface area contributed by atoms with Crippen molar-refractivity contribution in [3.8, 4) is 0 Å². The Morgan fingerprint density at radius 3 is 2.23 bits per heavy atom. The lowest BCUT2D eigenvalue weighted by atomic mass is 10.2. The van der Waals surface area contributed by atoms with Crippen LogP contribution < -0.4 is 10.2 Å². The normalized spacial score (nSPS) is 13.9. The van der Waals surface area contributed by atoms with Crippen LogP contribution in [0.4, 0.5) is 11.4 Å². The van der Waals surface area contributed by atoms with E-state index in [2.05, 4.69) is 5.32 Å². The summed E-state index contributed by atoms with van der Waals surface area (Å²) in [5.74, 6) is -0.828. The Balaban J connectivity index is 1.77. The average Bonchev–Trinajstić information content (AvgIpc) is 2.97. The van der Waals surface area contributed by atoms with Crippen molar-refractivity contribution in [2.75, 3.05) is 10.2 Å². The third-order valence-corrected chi connectivity index (χ3v) is 6.64. The number of para-hydroxylation sites is 1. The smallest absolute Gasteiger partial charge is 0.283 e. The highest BCUT2D eigenvalue weighted by molar-refractivity contribution is 8.04. The van der Waals surface area contributed by atoms with E-state index in [-0.39, 0.29) is 5.70 Å². The maximum Gasteiger partial charge on any atom is 0.283 e. The molecule has 0 unspecified atom stereocenters. The fourth-order valence-electron chi connectivity index (χ4n) is 3.14. The molecule has 3 aromatic carbocycles. The molecule has 1 aliphatic rings. The molecule has 1 N–H and O–H groups in total. The summed E-state index contributed by atoms with van der Waals surface area (Å²) >= 11 is 13.5. The maximum atomic E-state index is 13.4. The van der Waals surface area contributed by atoms with Gasteiger partial charge in [-0.05, 0) is 67.4 Å². The van der Waals surface area contributed by atoms with Gasteiger partial charge in [0.15, 0.2) is 0 Å². The van der Waals surface area contributed by atoms with Gasteiger partial charge in [-0.2, -0.15) is 0 Å². The molecule has 7 heteroatoms. The molecule has 0 aromatic heterocycles.